The SMILES string of the molecule is CC(C)N1CCCC1.COC1CCCC1C(=O)O. The maximum atomic E-state index is 10.5. The monoisotopic (exact) mass is 257 g/mol. The number of nitrogens with zero attached hydrogens (tertiary/aromatic N) is 1. The van der Waals surface area contributed by atoms with Crippen LogP contribution < -0.4 is 0 Å². The van der Waals surface area contributed by atoms with Crippen LogP contribution in [0.4, 0.5) is 0 Å². The van der Waals surface area contributed by atoms with E-state index >= 15 is 0 Å². The molecular formula is C14H27NO3. The molecule has 0 aromatic heterocycles. The number of likely N-dealkylation sites (tertiary alicyclic amines) is 1. The van der Waals surface area contributed by atoms with Crippen molar-refractivity contribution in [3.05, 3.63) is 0 Å². The first-order chi connectivity index (χ1) is 8.56. The molecule has 4 nitrogen and oxygen atoms in total. The van der Waals surface area contributed by atoms with Gasteiger partial charge in [0.05, 0.1) is 12.0 Å². The molecule has 4 heteroatoms. The van der Waals surface area contributed by atoms with E-state index in [1.807, 2.05) is 0 Å². The van der Waals surface area contributed by atoms with Gasteiger partial charge in [0.15, 0.2) is 0 Å². The second-order valence-corrected chi connectivity index (χ2v) is 5.49. The fraction of sp³-hybridized carbons (Fsp3) is 0.929. The minimum Gasteiger partial charge on any atom is -0.481 e. The van der Waals surface area contributed by atoms with E-state index in [1.54, 1.807) is 7.11 Å². The fourth-order valence-corrected chi connectivity index (χ4v) is 2.75. The van der Waals surface area contributed by atoms with Crippen LogP contribution in [0.5, 0.6) is 0 Å². The van der Waals surface area contributed by atoms with Crippen LogP contribution in [0.15, 0.2) is 0 Å². The van der Waals surface area contributed by atoms with Crippen molar-refractivity contribution < 1.29 is 14.6 Å². The molecule has 1 aliphatic heterocycles. The van der Waals surface area contributed by atoms with E-state index < -0.39 is 5.97 Å². The Morgan fingerprint density at radius 3 is 2.17 bits per heavy atom. The van der Waals surface area contributed by atoms with Crippen LogP contribution >= 0.6 is 0 Å². The summed E-state index contributed by atoms with van der Waals surface area (Å²) in [5.41, 5.74) is 0. The predicted octanol–water partition coefficient (Wildman–Crippen LogP) is 2.38. The average molecular weight is 257 g/mol. The van der Waals surface area contributed by atoms with Crippen molar-refractivity contribution in [1.82, 2.24) is 4.90 Å². The summed E-state index contributed by atoms with van der Waals surface area (Å²) >= 11 is 0. The lowest BCUT2D eigenvalue weighted by Crippen LogP contribution is -2.26. The van der Waals surface area contributed by atoms with Crippen LogP contribution in [0.3, 0.4) is 0 Å². The molecule has 106 valence electrons. The summed E-state index contributed by atoms with van der Waals surface area (Å²) in [6, 6.07) is 0.775. The quantitative estimate of drug-likeness (QED) is 0.843. The summed E-state index contributed by atoms with van der Waals surface area (Å²) < 4.78 is 5.00. The first kappa shape index (κ1) is 15.4. The summed E-state index contributed by atoms with van der Waals surface area (Å²) in [6.45, 7) is 7.20. The Bertz CT molecular complexity index is 249. The summed E-state index contributed by atoms with van der Waals surface area (Å²) in [7, 11) is 1.58. The normalized spacial score (nSPS) is 28.2. The second-order valence-electron chi connectivity index (χ2n) is 5.49. The van der Waals surface area contributed by atoms with Gasteiger partial charge in [0.1, 0.15) is 0 Å². The number of hydrogen-bond acceptors (Lipinski definition) is 3. The van der Waals surface area contributed by atoms with Gasteiger partial charge in [-0.2, -0.15) is 0 Å². The van der Waals surface area contributed by atoms with Crippen LogP contribution in [-0.4, -0.2) is 48.3 Å². The van der Waals surface area contributed by atoms with Gasteiger partial charge in [-0.1, -0.05) is 0 Å². The van der Waals surface area contributed by atoms with E-state index in [0.717, 1.165) is 25.3 Å². The lowest BCUT2D eigenvalue weighted by Gasteiger charge is -2.18. The summed E-state index contributed by atoms with van der Waals surface area (Å²) in [5, 5.41) is 8.63. The molecule has 0 bridgehead atoms. The molecule has 0 spiro atoms. The zero-order chi connectivity index (χ0) is 13.5. The lowest BCUT2D eigenvalue weighted by molar-refractivity contribution is -0.145. The highest BCUT2D eigenvalue weighted by atomic mass is 16.5. The highest BCUT2D eigenvalue weighted by molar-refractivity contribution is 5.71. The van der Waals surface area contributed by atoms with Gasteiger partial charge in [-0.25, -0.2) is 0 Å². The van der Waals surface area contributed by atoms with E-state index in [4.69, 9.17) is 9.84 Å². The van der Waals surface area contributed by atoms with E-state index in [-0.39, 0.29) is 12.0 Å². The molecule has 0 radical (unpaired) electrons. The fourth-order valence-electron chi connectivity index (χ4n) is 2.75. The molecular weight excluding hydrogens is 230 g/mol. The van der Waals surface area contributed by atoms with E-state index in [2.05, 4.69) is 18.7 Å². The molecule has 1 heterocycles. The smallest absolute Gasteiger partial charge is 0.309 e. The number of hydrogen-bond donors (Lipinski definition) is 1. The third-order valence-electron chi connectivity index (χ3n) is 3.94. The molecule has 2 fully saturated rings. The maximum Gasteiger partial charge on any atom is 0.309 e. The van der Waals surface area contributed by atoms with Crippen molar-refractivity contribution in [2.75, 3.05) is 20.2 Å². The van der Waals surface area contributed by atoms with Crippen LogP contribution in [0.1, 0.15) is 46.0 Å². The Morgan fingerprint density at radius 2 is 1.83 bits per heavy atom. The Morgan fingerprint density at radius 1 is 1.22 bits per heavy atom. The summed E-state index contributed by atoms with van der Waals surface area (Å²) in [4.78, 5) is 13.0. The van der Waals surface area contributed by atoms with E-state index in [0.29, 0.717) is 0 Å². The van der Waals surface area contributed by atoms with Crippen molar-refractivity contribution in [2.45, 2.75) is 58.1 Å². The molecule has 1 saturated carbocycles. The molecule has 1 aliphatic carbocycles. The third-order valence-corrected chi connectivity index (χ3v) is 3.94. The highest BCUT2D eigenvalue weighted by Crippen LogP contribution is 2.27. The maximum absolute atomic E-state index is 10.5. The Hall–Kier alpha value is -0.610. The Labute approximate surface area is 110 Å². The molecule has 1 N–H and O–H groups in total. The third kappa shape index (κ3) is 4.58. The Balaban J connectivity index is 0.000000184. The van der Waals surface area contributed by atoms with Gasteiger partial charge in [-0.3, -0.25) is 4.79 Å². The molecule has 2 rings (SSSR count). The molecule has 0 aromatic carbocycles. The minimum atomic E-state index is -0.718. The zero-order valence-corrected chi connectivity index (χ0v) is 11.9. The second kappa shape index (κ2) is 7.74. The molecule has 2 atom stereocenters. The van der Waals surface area contributed by atoms with Crippen molar-refractivity contribution in [2.24, 2.45) is 5.92 Å². The lowest BCUT2D eigenvalue weighted by atomic mass is 10.1. The predicted molar refractivity (Wildman–Crippen MR) is 71.7 cm³/mol. The molecule has 0 aromatic rings. The number of carboxylic acids is 1. The number of carbonyl (C=O) groups is 1. The Kier molecular flexibility index (Phi) is 6.65. The zero-order valence-electron chi connectivity index (χ0n) is 11.9. The highest BCUT2D eigenvalue weighted by Gasteiger charge is 2.32. The molecule has 2 aliphatic rings. The molecule has 1 saturated heterocycles. The van der Waals surface area contributed by atoms with Crippen molar-refractivity contribution in [3.63, 3.8) is 0 Å². The first-order valence-electron chi connectivity index (χ1n) is 7.06. The first-order valence-corrected chi connectivity index (χ1v) is 7.06. The topological polar surface area (TPSA) is 49.8 Å². The molecule has 0 amide bonds. The van der Waals surface area contributed by atoms with Gasteiger partial charge < -0.3 is 14.7 Å². The number of aliphatic carboxylic acids is 1. The van der Waals surface area contributed by atoms with Crippen molar-refractivity contribution in [3.8, 4) is 0 Å². The van der Waals surface area contributed by atoms with Crippen LogP contribution in [0, 0.1) is 5.92 Å². The van der Waals surface area contributed by atoms with E-state index in [1.165, 1.54) is 25.9 Å². The van der Waals surface area contributed by atoms with Gasteiger partial charge in [0.25, 0.3) is 0 Å². The van der Waals surface area contributed by atoms with Gasteiger partial charge in [-0.05, 0) is 59.0 Å². The van der Waals surface area contributed by atoms with Crippen molar-refractivity contribution >= 4 is 5.97 Å². The van der Waals surface area contributed by atoms with Gasteiger partial charge in [-0.15, -0.1) is 0 Å². The average Bonchev–Trinajstić information content (AvgIpc) is 3.01. The van der Waals surface area contributed by atoms with Crippen LogP contribution in [0.2, 0.25) is 0 Å². The van der Waals surface area contributed by atoms with Crippen LogP contribution in [-0.2, 0) is 9.53 Å². The van der Waals surface area contributed by atoms with Crippen LogP contribution in [0.25, 0.3) is 0 Å². The van der Waals surface area contributed by atoms with E-state index in [9.17, 15) is 4.79 Å². The summed E-state index contributed by atoms with van der Waals surface area (Å²) in [5.74, 6) is -0.977. The number of carboxylic acid groups (broad SMARTS) is 1. The van der Waals surface area contributed by atoms with Crippen molar-refractivity contribution in [1.29, 1.82) is 0 Å². The standard InChI is InChI=1S/C7H15N.C7H12O3/c1-7(2)8-5-3-4-6-8;1-10-6-4-2-3-5(6)7(8)9/h7H,3-6H2,1-2H3;5-6H,2-4H2,1H3,(H,8,9). The largest absolute Gasteiger partial charge is 0.481 e. The number of ether oxygens (including phenoxy) is 1. The number of methoxy groups -OCH3 is 1. The summed E-state index contributed by atoms with van der Waals surface area (Å²) in [6.07, 6.45) is 5.44. The van der Waals surface area contributed by atoms with Gasteiger partial charge in [0.2, 0.25) is 0 Å². The molecule has 18 heavy (non-hydrogen) atoms. The molecule has 2 unspecified atom stereocenters. The van der Waals surface area contributed by atoms with Gasteiger partial charge >= 0.3 is 5.97 Å². The number of rotatable bonds is 3. The minimum absolute atomic E-state index is 0.0440. The van der Waals surface area contributed by atoms with Gasteiger partial charge in [0, 0.05) is 13.2 Å².